The summed E-state index contributed by atoms with van der Waals surface area (Å²) < 4.78 is 10.1. The molecule has 24 heavy (non-hydrogen) atoms. The average molecular weight is 369 g/mol. The molecule has 0 aliphatic heterocycles. The molecule has 0 amide bonds. The molecule has 7 heteroatoms. The number of rotatable bonds is 8. The fourth-order valence-electron chi connectivity index (χ4n) is 2.25. The van der Waals surface area contributed by atoms with E-state index in [-0.39, 0.29) is 0 Å². The molecule has 2 rings (SSSR count). The number of pyridine rings is 1. The predicted octanol–water partition coefficient (Wildman–Crippen LogP) is 3.67. The van der Waals surface area contributed by atoms with Crippen molar-refractivity contribution in [3.05, 3.63) is 46.1 Å². The zero-order valence-corrected chi connectivity index (χ0v) is 15.0. The van der Waals surface area contributed by atoms with E-state index in [1.807, 2.05) is 24.1 Å². The van der Waals surface area contributed by atoms with Crippen molar-refractivity contribution < 1.29 is 14.3 Å². The Kier molecular flexibility index (Phi) is 6.85. The fraction of sp³-hybridized carbons (Fsp3) is 0.294. The van der Waals surface area contributed by atoms with Crippen LogP contribution >= 0.6 is 23.2 Å². The van der Waals surface area contributed by atoms with Gasteiger partial charge in [-0.05, 0) is 30.8 Å². The Labute approximate surface area is 151 Å². The monoisotopic (exact) mass is 368 g/mol. The molecule has 0 radical (unpaired) electrons. The Morgan fingerprint density at radius 2 is 2.00 bits per heavy atom. The first-order chi connectivity index (χ1) is 11.5. The van der Waals surface area contributed by atoms with E-state index >= 15 is 0 Å². The third kappa shape index (κ3) is 4.84. The van der Waals surface area contributed by atoms with Gasteiger partial charge < -0.3 is 9.47 Å². The Morgan fingerprint density at radius 1 is 1.21 bits per heavy atom. The molecule has 0 fully saturated rings. The molecule has 0 unspecified atom stereocenters. The minimum Gasteiger partial charge on any atom is -0.481 e. The summed E-state index contributed by atoms with van der Waals surface area (Å²) in [7, 11) is 3.51. The van der Waals surface area contributed by atoms with E-state index < -0.39 is 0 Å². The van der Waals surface area contributed by atoms with Crippen LogP contribution in [-0.2, 0) is 16.1 Å². The van der Waals surface area contributed by atoms with Crippen LogP contribution in [0.5, 0.6) is 5.88 Å². The highest BCUT2D eigenvalue weighted by Crippen LogP contribution is 2.30. The number of ether oxygens (including phenoxy) is 2. The number of hydrogen-bond acceptors (Lipinski definition) is 5. The van der Waals surface area contributed by atoms with E-state index in [1.54, 1.807) is 25.4 Å². The van der Waals surface area contributed by atoms with Crippen LogP contribution in [0, 0.1) is 0 Å². The van der Waals surface area contributed by atoms with Crippen LogP contribution in [0.25, 0.3) is 11.1 Å². The molecule has 1 heterocycles. The molecule has 1 aromatic heterocycles. The number of carbonyl (C=O) groups is 1. The van der Waals surface area contributed by atoms with Gasteiger partial charge in [0.15, 0.2) is 0 Å². The zero-order chi connectivity index (χ0) is 17.5. The molecule has 0 atom stereocenters. The molecule has 1 aromatic carbocycles. The number of likely N-dealkylation sites (N-methyl/N-ethyl adjacent to an activating group) is 1. The fourth-order valence-corrected chi connectivity index (χ4v) is 2.55. The first-order valence-corrected chi connectivity index (χ1v) is 8.03. The number of benzene rings is 1. The van der Waals surface area contributed by atoms with Crippen molar-refractivity contribution in [3.63, 3.8) is 0 Å². The van der Waals surface area contributed by atoms with E-state index in [2.05, 4.69) is 4.98 Å². The molecule has 128 valence electrons. The van der Waals surface area contributed by atoms with Gasteiger partial charge in [-0.1, -0.05) is 29.3 Å². The van der Waals surface area contributed by atoms with Crippen LogP contribution in [0.3, 0.4) is 0 Å². The summed E-state index contributed by atoms with van der Waals surface area (Å²) >= 11 is 12.1. The number of methoxy groups -OCH3 is 1. The van der Waals surface area contributed by atoms with Crippen LogP contribution in [0.4, 0.5) is 0 Å². The lowest BCUT2D eigenvalue weighted by atomic mass is 10.1. The third-order valence-electron chi connectivity index (χ3n) is 3.47. The van der Waals surface area contributed by atoms with Gasteiger partial charge in [0.25, 0.3) is 6.47 Å². The van der Waals surface area contributed by atoms with Crippen LogP contribution < -0.4 is 4.74 Å². The molecular formula is C17H18Cl2N2O3. The van der Waals surface area contributed by atoms with E-state index in [4.69, 9.17) is 32.7 Å². The van der Waals surface area contributed by atoms with Gasteiger partial charge in [-0.3, -0.25) is 9.69 Å². The highest BCUT2D eigenvalue weighted by atomic mass is 35.5. The Hall–Kier alpha value is -1.82. The molecule has 0 aliphatic rings. The van der Waals surface area contributed by atoms with Crippen LogP contribution in [0.1, 0.15) is 5.56 Å². The Balaban J connectivity index is 2.23. The molecule has 0 saturated carbocycles. The summed E-state index contributed by atoms with van der Waals surface area (Å²) in [5.41, 5.74) is 2.77. The van der Waals surface area contributed by atoms with Crippen molar-refractivity contribution in [3.8, 4) is 17.0 Å². The van der Waals surface area contributed by atoms with Gasteiger partial charge in [0, 0.05) is 30.4 Å². The molecule has 0 aliphatic carbocycles. The first-order valence-electron chi connectivity index (χ1n) is 7.27. The maximum atomic E-state index is 10.2. The third-order valence-corrected chi connectivity index (χ3v) is 4.21. The number of carbonyl (C=O) groups excluding carboxylic acids is 1. The normalized spacial score (nSPS) is 10.7. The minimum absolute atomic E-state index is 0.336. The second kappa shape index (κ2) is 8.87. The van der Waals surface area contributed by atoms with Crippen molar-refractivity contribution in [1.29, 1.82) is 0 Å². The predicted molar refractivity (Wildman–Crippen MR) is 94.6 cm³/mol. The second-order valence-corrected chi connectivity index (χ2v) is 6.04. The zero-order valence-electron chi connectivity index (χ0n) is 13.5. The second-order valence-electron chi connectivity index (χ2n) is 5.23. The molecule has 2 aromatic rings. The lowest BCUT2D eigenvalue weighted by Gasteiger charge is -2.18. The lowest BCUT2D eigenvalue weighted by molar-refractivity contribution is -0.129. The van der Waals surface area contributed by atoms with E-state index in [0.717, 1.165) is 16.7 Å². The van der Waals surface area contributed by atoms with Crippen molar-refractivity contribution in [2.24, 2.45) is 0 Å². The van der Waals surface area contributed by atoms with Gasteiger partial charge in [-0.2, -0.15) is 0 Å². The minimum atomic E-state index is 0.336. The molecule has 0 spiro atoms. The van der Waals surface area contributed by atoms with Crippen molar-refractivity contribution >= 4 is 29.7 Å². The van der Waals surface area contributed by atoms with Crippen LogP contribution in [0.2, 0.25) is 10.0 Å². The SMILES string of the molecule is COc1ncc(-c2ccc(Cl)c(Cl)c2)cc1CN(C)CCOC=O. The van der Waals surface area contributed by atoms with Crippen molar-refractivity contribution in [1.82, 2.24) is 9.88 Å². The maximum absolute atomic E-state index is 10.2. The molecular weight excluding hydrogens is 351 g/mol. The van der Waals surface area contributed by atoms with Gasteiger partial charge in [0.1, 0.15) is 6.61 Å². The van der Waals surface area contributed by atoms with Crippen molar-refractivity contribution in [2.45, 2.75) is 6.54 Å². The number of nitrogens with zero attached hydrogens (tertiary/aromatic N) is 2. The quantitative estimate of drug-likeness (QED) is 0.525. The van der Waals surface area contributed by atoms with E-state index in [1.165, 1.54) is 0 Å². The summed E-state index contributed by atoms with van der Waals surface area (Å²) in [6, 6.07) is 7.45. The summed E-state index contributed by atoms with van der Waals surface area (Å²) in [6.45, 7) is 2.00. The summed E-state index contributed by atoms with van der Waals surface area (Å²) in [4.78, 5) is 16.6. The molecule has 5 nitrogen and oxygen atoms in total. The van der Waals surface area contributed by atoms with E-state index in [9.17, 15) is 4.79 Å². The van der Waals surface area contributed by atoms with Gasteiger partial charge in [-0.25, -0.2) is 4.98 Å². The maximum Gasteiger partial charge on any atom is 0.293 e. The highest BCUT2D eigenvalue weighted by Gasteiger charge is 2.11. The van der Waals surface area contributed by atoms with Crippen molar-refractivity contribution in [2.75, 3.05) is 27.3 Å². The standard InChI is InChI=1S/C17H18Cl2N2O3/c1-21(5-6-24-11-22)10-14-7-13(9-20-17(14)23-2)12-3-4-15(18)16(19)8-12/h3-4,7-9,11H,5-6,10H2,1-2H3. The van der Waals surface area contributed by atoms with E-state index in [0.29, 0.717) is 42.1 Å². The van der Waals surface area contributed by atoms with Gasteiger partial charge in [-0.15, -0.1) is 0 Å². The highest BCUT2D eigenvalue weighted by molar-refractivity contribution is 6.42. The first kappa shape index (κ1) is 18.5. The lowest BCUT2D eigenvalue weighted by Crippen LogP contribution is -2.23. The average Bonchev–Trinajstić information content (AvgIpc) is 2.57. The number of hydrogen-bond donors (Lipinski definition) is 0. The number of aromatic nitrogens is 1. The molecule has 0 N–H and O–H groups in total. The molecule has 0 saturated heterocycles. The Bertz CT molecular complexity index is 710. The smallest absolute Gasteiger partial charge is 0.293 e. The van der Waals surface area contributed by atoms with Gasteiger partial charge in [0.05, 0.1) is 17.2 Å². The van der Waals surface area contributed by atoms with Crippen LogP contribution in [0.15, 0.2) is 30.5 Å². The summed E-state index contributed by atoms with van der Waals surface area (Å²) in [5, 5.41) is 1.01. The van der Waals surface area contributed by atoms with Crippen LogP contribution in [-0.4, -0.2) is 43.7 Å². The summed E-state index contributed by atoms with van der Waals surface area (Å²) in [5.74, 6) is 0.557. The van der Waals surface area contributed by atoms with Gasteiger partial charge in [0.2, 0.25) is 5.88 Å². The largest absolute Gasteiger partial charge is 0.481 e. The topological polar surface area (TPSA) is 51.7 Å². The number of halogens is 2. The Morgan fingerprint density at radius 3 is 2.67 bits per heavy atom. The molecule has 0 bridgehead atoms. The summed E-state index contributed by atoms with van der Waals surface area (Å²) in [6.07, 6.45) is 1.73. The van der Waals surface area contributed by atoms with Gasteiger partial charge >= 0.3 is 0 Å².